The lowest BCUT2D eigenvalue weighted by atomic mass is 10.0. The number of aliphatic carboxylic acids is 1. The summed E-state index contributed by atoms with van der Waals surface area (Å²) in [6.45, 7) is 2.61. The lowest BCUT2D eigenvalue weighted by molar-refractivity contribution is -0.143. The van der Waals surface area contributed by atoms with Gasteiger partial charge in [-0.1, -0.05) is 19.1 Å². The number of aryl methyl sites for hydroxylation is 1. The highest BCUT2D eigenvalue weighted by atomic mass is 16.4. The predicted octanol–water partition coefficient (Wildman–Crippen LogP) is 3.00. The molecule has 1 unspecified atom stereocenters. The summed E-state index contributed by atoms with van der Waals surface area (Å²) in [5, 5.41) is 14.2. The van der Waals surface area contributed by atoms with Gasteiger partial charge in [-0.3, -0.25) is 4.79 Å². The molecule has 1 saturated heterocycles. The molecule has 0 spiro atoms. The van der Waals surface area contributed by atoms with E-state index in [0.717, 1.165) is 55.5 Å². The normalized spacial score (nSPS) is 19.1. The van der Waals surface area contributed by atoms with Gasteiger partial charge in [0.1, 0.15) is 6.04 Å². The van der Waals surface area contributed by atoms with Crippen molar-refractivity contribution in [1.29, 1.82) is 0 Å². The number of likely N-dealkylation sites (tertiary alicyclic amines) is 1. The van der Waals surface area contributed by atoms with Crippen LogP contribution in [-0.2, 0) is 24.1 Å². The minimum Gasteiger partial charge on any atom is -0.480 e. The van der Waals surface area contributed by atoms with Crippen molar-refractivity contribution in [1.82, 2.24) is 14.7 Å². The number of carboxylic acids is 1. The molecule has 2 aromatic rings. The van der Waals surface area contributed by atoms with Crippen LogP contribution in [0.5, 0.6) is 0 Å². The van der Waals surface area contributed by atoms with Crippen molar-refractivity contribution in [3.05, 3.63) is 46.8 Å². The van der Waals surface area contributed by atoms with Gasteiger partial charge in [0, 0.05) is 17.8 Å². The number of aromatic nitrogens is 2. The van der Waals surface area contributed by atoms with Crippen LogP contribution in [0.2, 0.25) is 0 Å². The molecule has 1 amide bonds. The van der Waals surface area contributed by atoms with E-state index >= 15 is 0 Å². The largest absolute Gasteiger partial charge is 0.480 e. The van der Waals surface area contributed by atoms with Crippen LogP contribution < -0.4 is 0 Å². The van der Waals surface area contributed by atoms with E-state index in [1.54, 1.807) is 0 Å². The Balaban J connectivity index is 1.71. The van der Waals surface area contributed by atoms with Crippen LogP contribution in [0, 0.1) is 0 Å². The summed E-state index contributed by atoms with van der Waals surface area (Å²) in [6, 6.07) is 7.52. The first-order chi connectivity index (χ1) is 13.1. The van der Waals surface area contributed by atoms with Gasteiger partial charge in [0.05, 0.1) is 5.69 Å². The summed E-state index contributed by atoms with van der Waals surface area (Å²) in [7, 11) is 0. The van der Waals surface area contributed by atoms with Crippen LogP contribution in [0.3, 0.4) is 0 Å². The van der Waals surface area contributed by atoms with Crippen molar-refractivity contribution in [3.8, 4) is 5.69 Å². The second kappa shape index (κ2) is 7.18. The van der Waals surface area contributed by atoms with Gasteiger partial charge < -0.3 is 10.0 Å². The summed E-state index contributed by atoms with van der Waals surface area (Å²) < 4.78 is 1.88. The van der Waals surface area contributed by atoms with Crippen LogP contribution in [0.25, 0.3) is 5.69 Å². The van der Waals surface area contributed by atoms with Gasteiger partial charge in [0.25, 0.3) is 5.91 Å². The molecule has 27 heavy (non-hydrogen) atoms. The minimum atomic E-state index is -0.922. The van der Waals surface area contributed by atoms with E-state index < -0.39 is 12.0 Å². The molecule has 2 aliphatic rings. The lowest BCUT2D eigenvalue weighted by Crippen LogP contribution is -2.48. The number of amides is 1. The molecule has 1 N–H and O–H groups in total. The fourth-order valence-electron chi connectivity index (χ4n) is 4.26. The summed E-state index contributed by atoms with van der Waals surface area (Å²) in [5.74, 6) is -1.15. The maximum Gasteiger partial charge on any atom is 0.326 e. The number of benzene rings is 1. The van der Waals surface area contributed by atoms with E-state index in [-0.39, 0.29) is 5.91 Å². The van der Waals surface area contributed by atoms with Crippen LogP contribution >= 0.6 is 0 Å². The van der Waals surface area contributed by atoms with Gasteiger partial charge in [-0.05, 0) is 62.6 Å². The molecule has 1 aromatic heterocycles. The molecule has 6 nitrogen and oxygen atoms in total. The molecular formula is C21H25N3O3. The van der Waals surface area contributed by atoms with Crippen LogP contribution in [0.4, 0.5) is 0 Å². The van der Waals surface area contributed by atoms with E-state index in [2.05, 4.69) is 24.2 Å². The van der Waals surface area contributed by atoms with E-state index in [4.69, 9.17) is 0 Å². The number of hydrogen-bond donors (Lipinski definition) is 1. The Morgan fingerprint density at radius 3 is 2.63 bits per heavy atom. The highest BCUT2D eigenvalue weighted by molar-refractivity contribution is 5.96. The highest BCUT2D eigenvalue weighted by Gasteiger charge is 2.36. The predicted molar refractivity (Wildman–Crippen MR) is 101 cm³/mol. The second-order valence-electron chi connectivity index (χ2n) is 7.41. The average molecular weight is 367 g/mol. The molecule has 142 valence electrons. The number of fused-ring (bicyclic) bond motifs is 1. The van der Waals surface area contributed by atoms with Gasteiger partial charge in [0.2, 0.25) is 0 Å². The fourth-order valence-corrected chi connectivity index (χ4v) is 4.26. The number of rotatable bonds is 4. The first kappa shape index (κ1) is 17.8. The third kappa shape index (κ3) is 3.13. The Kier molecular flexibility index (Phi) is 4.72. The number of nitrogens with zero attached hydrogens (tertiary/aromatic N) is 3. The fraction of sp³-hybridized carbons (Fsp3) is 0.476. The molecule has 0 bridgehead atoms. The van der Waals surface area contributed by atoms with Crippen LogP contribution in [0.15, 0.2) is 24.3 Å². The van der Waals surface area contributed by atoms with Crippen molar-refractivity contribution >= 4 is 11.9 Å². The highest BCUT2D eigenvalue weighted by Crippen LogP contribution is 2.30. The van der Waals surface area contributed by atoms with Gasteiger partial charge in [-0.15, -0.1) is 0 Å². The topological polar surface area (TPSA) is 75.4 Å². The van der Waals surface area contributed by atoms with E-state index in [1.165, 1.54) is 10.5 Å². The Labute approximate surface area is 158 Å². The zero-order valence-electron chi connectivity index (χ0n) is 15.6. The first-order valence-corrected chi connectivity index (χ1v) is 9.84. The van der Waals surface area contributed by atoms with Crippen molar-refractivity contribution in [2.75, 3.05) is 6.54 Å². The molecule has 1 fully saturated rings. The van der Waals surface area contributed by atoms with E-state index in [1.807, 2.05) is 16.8 Å². The van der Waals surface area contributed by atoms with Gasteiger partial charge in [-0.25, -0.2) is 9.48 Å². The lowest BCUT2D eigenvalue weighted by Gasteiger charge is -2.32. The van der Waals surface area contributed by atoms with Gasteiger partial charge in [0.15, 0.2) is 5.69 Å². The quantitative estimate of drug-likeness (QED) is 0.901. The Morgan fingerprint density at radius 2 is 1.93 bits per heavy atom. The zero-order valence-corrected chi connectivity index (χ0v) is 15.6. The zero-order chi connectivity index (χ0) is 19.0. The first-order valence-electron chi connectivity index (χ1n) is 9.84. The van der Waals surface area contributed by atoms with E-state index in [9.17, 15) is 14.7 Å². The maximum absolute atomic E-state index is 13.2. The third-order valence-corrected chi connectivity index (χ3v) is 5.77. The molecule has 4 rings (SSSR count). The van der Waals surface area contributed by atoms with Gasteiger partial charge >= 0.3 is 5.97 Å². The van der Waals surface area contributed by atoms with Crippen molar-refractivity contribution < 1.29 is 14.7 Å². The van der Waals surface area contributed by atoms with E-state index in [0.29, 0.717) is 18.7 Å². The number of carboxylic acid groups (broad SMARTS) is 1. The number of carbonyl (C=O) groups is 2. The van der Waals surface area contributed by atoms with Crippen molar-refractivity contribution in [2.24, 2.45) is 0 Å². The molecule has 1 aliphatic heterocycles. The summed E-state index contributed by atoms with van der Waals surface area (Å²) in [6.07, 6.45) is 5.91. The van der Waals surface area contributed by atoms with Crippen LogP contribution in [-0.4, -0.2) is 44.3 Å². The van der Waals surface area contributed by atoms with Crippen molar-refractivity contribution in [2.45, 2.75) is 57.9 Å². The maximum atomic E-state index is 13.2. The number of carbonyl (C=O) groups excluding carboxylic acids is 1. The van der Waals surface area contributed by atoms with Crippen molar-refractivity contribution in [3.63, 3.8) is 0 Å². The molecule has 2 heterocycles. The average Bonchev–Trinajstić information content (AvgIpc) is 3.30. The molecule has 0 radical (unpaired) electrons. The molecule has 6 heteroatoms. The smallest absolute Gasteiger partial charge is 0.326 e. The standard InChI is InChI=1S/C21H25N3O3/c1-2-14-9-11-15(12-10-14)24-17-8-5-6-16(17)19(22-24)20(25)23-13-4-3-7-18(23)21(26)27/h9-12,18H,2-8,13H2,1H3,(H,26,27). The Morgan fingerprint density at radius 1 is 1.15 bits per heavy atom. The number of piperidine rings is 1. The molecular weight excluding hydrogens is 342 g/mol. The summed E-state index contributed by atoms with van der Waals surface area (Å²) in [5.41, 5.74) is 4.74. The Hall–Kier alpha value is -2.63. The summed E-state index contributed by atoms with van der Waals surface area (Å²) in [4.78, 5) is 26.3. The summed E-state index contributed by atoms with van der Waals surface area (Å²) >= 11 is 0. The van der Waals surface area contributed by atoms with Crippen LogP contribution in [0.1, 0.15) is 59.9 Å². The molecule has 1 aromatic carbocycles. The molecule has 1 atom stereocenters. The monoisotopic (exact) mass is 367 g/mol. The SMILES string of the molecule is CCc1ccc(-n2nc(C(=O)N3CCCCC3C(=O)O)c3c2CCC3)cc1. The number of hydrogen-bond acceptors (Lipinski definition) is 3. The molecule has 1 aliphatic carbocycles. The Bertz CT molecular complexity index is 870. The second-order valence-corrected chi connectivity index (χ2v) is 7.41. The minimum absolute atomic E-state index is 0.232. The van der Waals surface area contributed by atoms with Gasteiger partial charge in [-0.2, -0.15) is 5.10 Å². The molecule has 0 saturated carbocycles. The third-order valence-electron chi connectivity index (χ3n) is 5.77.